The van der Waals surface area contributed by atoms with Crippen LogP contribution in [-0.2, 0) is 9.47 Å². The van der Waals surface area contributed by atoms with E-state index in [0.29, 0.717) is 12.5 Å². The molecule has 2 N–H and O–H groups in total. The van der Waals surface area contributed by atoms with E-state index in [-0.39, 0.29) is 24.0 Å². The first-order valence-electron chi connectivity index (χ1n) is 6.29. The molecule has 19 heavy (non-hydrogen) atoms. The summed E-state index contributed by atoms with van der Waals surface area (Å²) in [6.07, 6.45) is 3.34. The van der Waals surface area contributed by atoms with Gasteiger partial charge >= 0.3 is 5.97 Å². The SMILES string of the molecule is CCOC(COC(=O)c1coc(C(N)=O)c1)C1CC1. The first-order chi connectivity index (χ1) is 9.11. The first kappa shape index (κ1) is 13.6. The third-order valence-corrected chi connectivity index (χ3v) is 2.99. The molecule has 1 fully saturated rings. The van der Waals surface area contributed by atoms with Crippen molar-refractivity contribution in [1.29, 1.82) is 0 Å². The van der Waals surface area contributed by atoms with Crippen LogP contribution in [0.1, 0.15) is 40.7 Å². The summed E-state index contributed by atoms with van der Waals surface area (Å²) in [5, 5.41) is 0. The summed E-state index contributed by atoms with van der Waals surface area (Å²) in [7, 11) is 0. The molecule has 1 amide bonds. The van der Waals surface area contributed by atoms with Gasteiger partial charge in [0.1, 0.15) is 12.9 Å². The Balaban J connectivity index is 1.87. The lowest BCUT2D eigenvalue weighted by Crippen LogP contribution is -2.24. The molecule has 0 aliphatic heterocycles. The van der Waals surface area contributed by atoms with Gasteiger partial charge in [0.25, 0.3) is 5.91 Å². The number of nitrogens with two attached hydrogens (primary N) is 1. The molecule has 1 heterocycles. The quantitative estimate of drug-likeness (QED) is 0.753. The fraction of sp³-hybridized carbons (Fsp3) is 0.538. The normalized spacial score (nSPS) is 16.1. The highest BCUT2D eigenvalue weighted by Gasteiger charge is 2.32. The Morgan fingerprint density at radius 1 is 1.53 bits per heavy atom. The van der Waals surface area contributed by atoms with E-state index in [4.69, 9.17) is 19.6 Å². The zero-order valence-electron chi connectivity index (χ0n) is 10.8. The van der Waals surface area contributed by atoms with Crippen molar-refractivity contribution >= 4 is 11.9 Å². The molecule has 2 rings (SSSR count). The molecule has 0 aromatic carbocycles. The lowest BCUT2D eigenvalue weighted by atomic mass is 10.2. The predicted molar refractivity (Wildman–Crippen MR) is 65.6 cm³/mol. The second kappa shape index (κ2) is 5.88. The lowest BCUT2D eigenvalue weighted by Gasteiger charge is -2.15. The summed E-state index contributed by atoms with van der Waals surface area (Å²) >= 11 is 0. The van der Waals surface area contributed by atoms with Gasteiger partial charge in [0.2, 0.25) is 0 Å². The highest BCUT2D eigenvalue weighted by atomic mass is 16.6. The zero-order chi connectivity index (χ0) is 13.8. The van der Waals surface area contributed by atoms with E-state index in [9.17, 15) is 9.59 Å². The second-order valence-electron chi connectivity index (χ2n) is 4.49. The number of furan rings is 1. The Morgan fingerprint density at radius 3 is 2.79 bits per heavy atom. The number of ether oxygens (including phenoxy) is 2. The molecular formula is C13H17NO5. The Morgan fingerprint density at radius 2 is 2.26 bits per heavy atom. The first-order valence-corrected chi connectivity index (χ1v) is 6.29. The van der Waals surface area contributed by atoms with E-state index in [0.717, 1.165) is 19.1 Å². The Labute approximate surface area is 110 Å². The molecule has 1 aliphatic carbocycles. The summed E-state index contributed by atoms with van der Waals surface area (Å²) < 4.78 is 15.5. The smallest absolute Gasteiger partial charge is 0.341 e. The third-order valence-electron chi connectivity index (χ3n) is 2.99. The Kier molecular flexibility index (Phi) is 4.21. The van der Waals surface area contributed by atoms with Crippen molar-refractivity contribution < 1.29 is 23.5 Å². The van der Waals surface area contributed by atoms with Crippen molar-refractivity contribution in [2.75, 3.05) is 13.2 Å². The van der Waals surface area contributed by atoms with E-state index in [1.165, 1.54) is 6.07 Å². The van der Waals surface area contributed by atoms with Crippen molar-refractivity contribution in [3.63, 3.8) is 0 Å². The van der Waals surface area contributed by atoms with Gasteiger partial charge in [-0.15, -0.1) is 0 Å². The lowest BCUT2D eigenvalue weighted by molar-refractivity contribution is -0.0133. The van der Waals surface area contributed by atoms with E-state index >= 15 is 0 Å². The number of esters is 1. The van der Waals surface area contributed by atoms with Crippen LogP contribution in [0.15, 0.2) is 16.7 Å². The highest BCUT2D eigenvalue weighted by molar-refractivity contribution is 5.95. The van der Waals surface area contributed by atoms with Crippen molar-refractivity contribution in [3.05, 3.63) is 23.7 Å². The topological polar surface area (TPSA) is 91.8 Å². The molecule has 0 saturated heterocycles. The van der Waals surface area contributed by atoms with Crippen molar-refractivity contribution in [3.8, 4) is 0 Å². The standard InChI is InChI=1S/C13H17NO5/c1-2-17-11(8-3-4-8)7-19-13(16)9-5-10(12(14)15)18-6-9/h5-6,8,11H,2-4,7H2,1H3,(H2,14,15). The molecule has 1 unspecified atom stereocenters. The minimum absolute atomic E-state index is 0.0449. The van der Waals surface area contributed by atoms with Crippen LogP contribution in [0.4, 0.5) is 0 Å². The minimum Gasteiger partial charge on any atom is -0.459 e. The number of primary amides is 1. The van der Waals surface area contributed by atoms with Gasteiger partial charge in [-0.3, -0.25) is 4.79 Å². The minimum atomic E-state index is -0.718. The van der Waals surface area contributed by atoms with Crippen LogP contribution < -0.4 is 5.73 Å². The van der Waals surface area contributed by atoms with Crippen molar-refractivity contribution in [2.24, 2.45) is 11.7 Å². The molecule has 0 spiro atoms. The molecule has 1 atom stereocenters. The van der Waals surface area contributed by atoms with Crippen LogP contribution in [0.3, 0.4) is 0 Å². The van der Waals surface area contributed by atoms with Crippen LogP contribution >= 0.6 is 0 Å². The fourth-order valence-electron chi connectivity index (χ4n) is 1.82. The molecule has 104 valence electrons. The highest BCUT2D eigenvalue weighted by Crippen LogP contribution is 2.34. The van der Waals surface area contributed by atoms with E-state index < -0.39 is 11.9 Å². The van der Waals surface area contributed by atoms with E-state index in [2.05, 4.69) is 0 Å². The number of hydrogen-bond donors (Lipinski definition) is 1. The third kappa shape index (κ3) is 3.57. The molecule has 1 aliphatic rings. The summed E-state index contributed by atoms with van der Waals surface area (Å²) in [5.74, 6) is -0.834. The number of hydrogen-bond acceptors (Lipinski definition) is 5. The number of carbonyl (C=O) groups excluding carboxylic acids is 2. The number of carbonyl (C=O) groups is 2. The maximum absolute atomic E-state index is 11.7. The van der Waals surface area contributed by atoms with E-state index in [1.54, 1.807) is 0 Å². The molecule has 1 saturated carbocycles. The van der Waals surface area contributed by atoms with Gasteiger partial charge in [-0.1, -0.05) is 0 Å². The predicted octanol–water partition coefficient (Wildman–Crippen LogP) is 1.35. The maximum Gasteiger partial charge on any atom is 0.341 e. The summed E-state index contributed by atoms with van der Waals surface area (Å²) in [6.45, 7) is 2.72. The van der Waals surface area contributed by atoms with Gasteiger partial charge in [-0.2, -0.15) is 0 Å². The van der Waals surface area contributed by atoms with E-state index in [1.807, 2.05) is 6.92 Å². The maximum atomic E-state index is 11.7. The Hall–Kier alpha value is -1.82. The van der Waals surface area contributed by atoms with Gasteiger partial charge in [0.15, 0.2) is 5.76 Å². The monoisotopic (exact) mass is 267 g/mol. The van der Waals surface area contributed by atoms with Crippen LogP contribution in [0, 0.1) is 5.92 Å². The van der Waals surface area contributed by atoms with Gasteiger partial charge in [0.05, 0.1) is 11.7 Å². The second-order valence-corrected chi connectivity index (χ2v) is 4.49. The van der Waals surface area contributed by atoms with Crippen molar-refractivity contribution in [2.45, 2.75) is 25.9 Å². The fourth-order valence-corrected chi connectivity index (χ4v) is 1.82. The molecule has 1 aromatic rings. The average Bonchev–Trinajstić information content (AvgIpc) is 3.09. The Bertz CT molecular complexity index is 463. The van der Waals surface area contributed by atoms with Crippen LogP contribution in [0.5, 0.6) is 0 Å². The average molecular weight is 267 g/mol. The number of amides is 1. The van der Waals surface area contributed by atoms with Gasteiger partial charge in [0, 0.05) is 12.7 Å². The van der Waals surface area contributed by atoms with Gasteiger partial charge in [-0.05, 0) is 25.7 Å². The zero-order valence-corrected chi connectivity index (χ0v) is 10.8. The largest absolute Gasteiger partial charge is 0.459 e. The van der Waals surface area contributed by atoms with Crippen LogP contribution in [-0.4, -0.2) is 31.2 Å². The van der Waals surface area contributed by atoms with Gasteiger partial charge in [-0.25, -0.2) is 4.79 Å². The molecule has 1 aromatic heterocycles. The van der Waals surface area contributed by atoms with Crippen molar-refractivity contribution in [1.82, 2.24) is 0 Å². The molecule has 6 nitrogen and oxygen atoms in total. The molecule has 0 bridgehead atoms. The van der Waals surface area contributed by atoms with Crippen LogP contribution in [0.25, 0.3) is 0 Å². The molecule has 6 heteroatoms. The van der Waals surface area contributed by atoms with Gasteiger partial charge < -0.3 is 19.6 Å². The summed E-state index contributed by atoms with van der Waals surface area (Å²) in [4.78, 5) is 22.6. The summed E-state index contributed by atoms with van der Waals surface area (Å²) in [5.41, 5.74) is 5.21. The summed E-state index contributed by atoms with van der Waals surface area (Å²) in [6, 6.07) is 1.28. The van der Waals surface area contributed by atoms with Crippen LogP contribution in [0.2, 0.25) is 0 Å². The number of rotatable bonds is 7. The molecular weight excluding hydrogens is 250 g/mol. The molecule has 0 radical (unpaired) electrons.